The van der Waals surface area contributed by atoms with Gasteiger partial charge in [-0.15, -0.1) is 0 Å². The molecule has 0 aliphatic rings. The van der Waals surface area contributed by atoms with Gasteiger partial charge in [0.25, 0.3) is 0 Å². The van der Waals surface area contributed by atoms with E-state index >= 15 is 0 Å². The molecule has 0 radical (unpaired) electrons. The molecule has 130 valence electrons. The van der Waals surface area contributed by atoms with Gasteiger partial charge in [0.05, 0.1) is 22.4 Å². The number of halogens is 1. The molecule has 0 saturated carbocycles. The molecule has 1 N–H and O–H groups in total. The van der Waals surface area contributed by atoms with Gasteiger partial charge in [-0.2, -0.15) is 5.10 Å². The van der Waals surface area contributed by atoms with Crippen LogP contribution in [0.3, 0.4) is 0 Å². The van der Waals surface area contributed by atoms with Gasteiger partial charge in [-0.1, -0.05) is 54.1 Å². The molecule has 0 amide bonds. The Labute approximate surface area is 161 Å². The molecule has 5 heteroatoms. The monoisotopic (exact) mass is 370 g/mol. The summed E-state index contributed by atoms with van der Waals surface area (Å²) in [5.41, 5.74) is 5.72. The minimum Gasteiger partial charge on any atom is -0.337 e. The van der Waals surface area contributed by atoms with E-state index in [1.54, 1.807) is 0 Å². The highest BCUT2D eigenvalue weighted by atomic mass is 35.5. The molecular weight excluding hydrogens is 356 g/mol. The SMILES string of the molecule is Clc1ccc(-c2cc(-c3nc4ccccc4[nH]3)nn2-c2ccccc2)cc1. The molecule has 5 aromatic rings. The number of nitrogens with one attached hydrogen (secondary N) is 1. The van der Waals surface area contributed by atoms with Crippen molar-refractivity contribution in [2.24, 2.45) is 0 Å². The van der Waals surface area contributed by atoms with Gasteiger partial charge in [0.1, 0.15) is 5.69 Å². The predicted molar refractivity (Wildman–Crippen MR) is 109 cm³/mol. The molecule has 27 heavy (non-hydrogen) atoms. The molecule has 0 aliphatic carbocycles. The highest BCUT2D eigenvalue weighted by Gasteiger charge is 2.15. The lowest BCUT2D eigenvalue weighted by Crippen LogP contribution is -1.99. The Morgan fingerprint density at radius 2 is 1.56 bits per heavy atom. The third-order valence-electron chi connectivity index (χ3n) is 4.48. The predicted octanol–water partition coefficient (Wildman–Crippen LogP) is 5.74. The molecular formula is C22H15ClN4. The Hall–Kier alpha value is -3.37. The number of aromatic nitrogens is 4. The summed E-state index contributed by atoms with van der Waals surface area (Å²) in [5.74, 6) is 0.751. The zero-order valence-corrected chi connectivity index (χ0v) is 15.1. The maximum Gasteiger partial charge on any atom is 0.159 e. The van der Waals surface area contributed by atoms with Crippen LogP contribution in [-0.2, 0) is 0 Å². The number of fused-ring (bicyclic) bond motifs is 1. The molecule has 0 spiro atoms. The van der Waals surface area contributed by atoms with Crippen molar-refractivity contribution in [1.82, 2.24) is 19.7 Å². The van der Waals surface area contributed by atoms with E-state index in [-0.39, 0.29) is 0 Å². The number of aromatic amines is 1. The van der Waals surface area contributed by atoms with E-state index in [4.69, 9.17) is 16.7 Å². The number of H-pyrrole nitrogens is 1. The topological polar surface area (TPSA) is 46.5 Å². The molecule has 0 bridgehead atoms. The second-order valence-electron chi connectivity index (χ2n) is 6.27. The van der Waals surface area contributed by atoms with Crippen LogP contribution in [0.1, 0.15) is 0 Å². The summed E-state index contributed by atoms with van der Waals surface area (Å²) in [6, 6.07) is 27.9. The average Bonchev–Trinajstić information content (AvgIpc) is 3.34. The fourth-order valence-corrected chi connectivity index (χ4v) is 3.29. The quantitative estimate of drug-likeness (QED) is 0.440. The smallest absolute Gasteiger partial charge is 0.159 e. The van der Waals surface area contributed by atoms with Crippen molar-refractivity contribution in [2.75, 3.05) is 0 Å². The van der Waals surface area contributed by atoms with Crippen LogP contribution in [0.4, 0.5) is 0 Å². The number of benzene rings is 3. The molecule has 0 fully saturated rings. The molecule has 0 aliphatic heterocycles. The molecule has 4 nitrogen and oxygen atoms in total. The van der Waals surface area contributed by atoms with Crippen molar-refractivity contribution in [3.8, 4) is 28.5 Å². The molecule has 2 heterocycles. The molecule has 0 atom stereocenters. The number of rotatable bonds is 3. The summed E-state index contributed by atoms with van der Waals surface area (Å²) < 4.78 is 1.94. The Balaban J connectivity index is 1.70. The van der Waals surface area contributed by atoms with Gasteiger partial charge in [-0.05, 0) is 42.5 Å². The van der Waals surface area contributed by atoms with Gasteiger partial charge in [0, 0.05) is 10.6 Å². The third kappa shape index (κ3) is 2.90. The summed E-state index contributed by atoms with van der Waals surface area (Å²) in [7, 11) is 0. The minimum absolute atomic E-state index is 0.710. The number of hydrogen-bond donors (Lipinski definition) is 1. The lowest BCUT2D eigenvalue weighted by molar-refractivity contribution is 0.888. The van der Waals surface area contributed by atoms with Crippen LogP contribution in [0, 0.1) is 0 Å². The maximum absolute atomic E-state index is 6.06. The molecule has 5 rings (SSSR count). The van der Waals surface area contributed by atoms with Gasteiger partial charge < -0.3 is 4.98 Å². The van der Waals surface area contributed by atoms with Crippen molar-refractivity contribution in [3.63, 3.8) is 0 Å². The van der Waals surface area contributed by atoms with E-state index < -0.39 is 0 Å². The summed E-state index contributed by atoms with van der Waals surface area (Å²) in [5, 5.41) is 5.54. The van der Waals surface area contributed by atoms with Gasteiger partial charge >= 0.3 is 0 Å². The second kappa shape index (κ2) is 6.41. The van der Waals surface area contributed by atoms with Gasteiger partial charge in [0.15, 0.2) is 5.82 Å². The zero-order valence-electron chi connectivity index (χ0n) is 14.3. The van der Waals surface area contributed by atoms with Gasteiger partial charge in [0.2, 0.25) is 0 Å². The van der Waals surface area contributed by atoms with E-state index in [1.807, 2.05) is 89.6 Å². The molecule has 3 aromatic carbocycles. The highest BCUT2D eigenvalue weighted by molar-refractivity contribution is 6.30. The largest absolute Gasteiger partial charge is 0.337 e. The van der Waals surface area contributed by atoms with Crippen molar-refractivity contribution < 1.29 is 0 Å². The summed E-state index contributed by atoms with van der Waals surface area (Å²) in [6.07, 6.45) is 0. The van der Waals surface area contributed by atoms with Gasteiger partial charge in [-0.25, -0.2) is 9.67 Å². The number of para-hydroxylation sites is 3. The number of nitrogens with zero attached hydrogens (tertiary/aromatic N) is 3. The van der Waals surface area contributed by atoms with Crippen LogP contribution in [0.25, 0.3) is 39.5 Å². The van der Waals surface area contributed by atoms with Crippen LogP contribution in [0.5, 0.6) is 0 Å². The fourth-order valence-electron chi connectivity index (χ4n) is 3.16. The van der Waals surface area contributed by atoms with Crippen molar-refractivity contribution in [3.05, 3.63) is 90.0 Å². The van der Waals surface area contributed by atoms with E-state index in [0.717, 1.165) is 39.5 Å². The third-order valence-corrected chi connectivity index (χ3v) is 4.73. The molecule has 0 unspecified atom stereocenters. The highest BCUT2D eigenvalue weighted by Crippen LogP contribution is 2.29. The van der Waals surface area contributed by atoms with Crippen LogP contribution in [0.2, 0.25) is 5.02 Å². The first kappa shape index (κ1) is 15.9. The van der Waals surface area contributed by atoms with Crippen molar-refractivity contribution >= 4 is 22.6 Å². The lowest BCUT2D eigenvalue weighted by atomic mass is 10.1. The lowest BCUT2D eigenvalue weighted by Gasteiger charge is -2.07. The van der Waals surface area contributed by atoms with E-state index in [9.17, 15) is 0 Å². The van der Waals surface area contributed by atoms with E-state index in [1.165, 1.54) is 0 Å². The van der Waals surface area contributed by atoms with Crippen LogP contribution in [0.15, 0.2) is 84.9 Å². The Morgan fingerprint density at radius 1 is 0.815 bits per heavy atom. The first-order chi connectivity index (χ1) is 13.3. The van der Waals surface area contributed by atoms with Crippen molar-refractivity contribution in [1.29, 1.82) is 0 Å². The Bertz CT molecular complexity index is 1190. The molecule has 2 aromatic heterocycles. The minimum atomic E-state index is 0.710. The first-order valence-electron chi connectivity index (χ1n) is 8.64. The van der Waals surface area contributed by atoms with Crippen LogP contribution >= 0.6 is 11.6 Å². The summed E-state index contributed by atoms with van der Waals surface area (Å²) >= 11 is 6.06. The van der Waals surface area contributed by atoms with Crippen LogP contribution in [-0.4, -0.2) is 19.7 Å². The second-order valence-corrected chi connectivity index (χ2v) is 6.71. The van der Waals surface area contributed by atoms with Crippen LogP contribution < -0.4 is 0 Å². The Kier molecular flexibility index (Phi) is 3.77. The standard InChI is InChI=1S/C22H15ClN4/c23-16-12-10-15(11-13-16)21-14-20(26-27(21)17-6-2-1-3-7-17)22-24-18-8-4-5-9-19(18)25-22/h1-14H,(H,24,25). The van der Waals surface area contributed by atoms with Crippen molar-refractivity contribution in [2.45, 2.75) is 0 Å². The molecule has 0 saturated heterocycles. The van der Waals surface area contributed by atoms with E-state index in [2.05, 4.69) is 9.97 Å². The number of imidazole rings is 1. The average molecular weight is 371 g/mol. The zero-order chi connectivity index (χ0) is 18.2. The Morgan fingerprint density at radius 3 is 2.33 bits per heavy atom. The van der Waals surface area contributed by atoms with E-state index in [0.29, 0.717) is 5.02 Å². The normalized spacial score (nSPS) is 11.1. The first-order valence-corrected chi connectivity index (χ1v) is 9.02. The number of hydrogen-bond acceptors (Lipinski definition) is 2. The fraction of sp³-hybridized carbons (Fsp3) is 0. The summed E-state index contributed by atoms with van der Waals surface area (Å²) in [6.45, 7) is 0. The van der Waals surface area contributed by atoms with Gasteiger partial charge in [-0.3, -0.25) is 0 Å². The summed E-state index contributed by atoms with van der Waals surface area (Å²) in [4.78, 5) is 8.04. The maximum atomic E-state index is 6.06.